The molecule has 3 aromatic rings. The zero-order valence-corrected chi connectivity index (χ0v) is 31.5. The summed E-state index contributed by atoms with van der Waals surface area (Å²) in [6.45, 7) is 6.21. The second-order valence-corrected chi connectivity index (χ2v) is 17.3. The van der Waals surface area contributed by atoms with Gasteiger partial charge in [-0.25, -0.2) is 8.78 Å². The topological polar surface area (TPSA) is 140 Å². The Morgan fingerprint density at radius 2 is 1.92 bits per heavy atom. The summed E-state index contributed by atoms with van der Waals surface area (Å²) in [6, 6.07) is 2.87. The number of piperazine rings is 1. The molecule has 1 spiro atoms. The molecule has 0 bridgehead atoms. The van der Waals surface area contributed by atoms with Gasteiger partial charge in [0.25, 0.3) is 0 Å². The van der Waals surface area contributed by atoms with Gasteiger partial charge in [0.1, 0.15) is 47.3 Å². The van der Waals surface area contributed by atoms with Gasteiger partial charge in [-0.15, -0.1) is 0 Å². The molecule has 17 heteroatoms. The third-order valence-corrected chi connectivity index (χ3v) is 13.5. The molecule has 4 aliphatic heterocycles. The normalized spacial score (nSPS) is 24.2. The first-order chi connectivity index (χ1) is 25.5. The van der Waals surface area contributed by atoms with E-state index in [1.165, 1.54) is 18.3 Å². The molecule has 1 N–H and O–H groups in total. The number of halogens is 3. The highest BCUT2D eigenvalue weighted by atomic mass is 35.5. The van der Waals surface area contributed by atoms with Gasteiger partial charge >= 0.3 is 13.6 Å². The van der Waals surface area contributed by atoms with Crippen LogP contribution in [0.25, 0.3) is 22.2 Å². The van der Waals surface area contributed by atoms with Gasteiger partial charge in [-0.2, -0.15) is 9.97 Å². The summed E-state index contributed by atoms with van der Waals surface area (Å²) in [5.74, 6) is -0.701. The van der Waals surface area contributed by atoms with Crippen LogP contribution in [-0.4, -0.2) is 125 Å². The molecule has 1 amide bonds. The Balaban J connectivity index is 1.16. The Bertz CT molecular complexity index is 1960. The minimum Gasteiger partial charge on any atom is -0.508 e. The highest BCUT2D eigenvalue weighted by Gasteiger charge is 2.52. The van der Waals surface area contributed by atoms with Crippen LogP contribution in [0, 0.1) is 5.82 Å². The molecule has 13 nitrogen and oxygen atoms in total. The molecule has 0 radical (unpaired) electrons. The third kappa shape index (κ3) is 6.75. The molecule has 1 aliphatic carbocycles. The van der Waals surface area contributed by atoms with Gasteiger partial charge in [-0.1, -0.05) is 11.6 Å². The number of rotatable bonds is 12. The van der Waals surface area contributed by atoms with Crippen molar-refractivity contribution in [3.05, 3.63) is 34.7 Å². The number of hydrogen-bond acceptors (Lipinski definition) is 12. The third-order valence-electron chi connectivity index (χ3n) is 11.2. The second kappa shape index (κ2) is 14.1. The van der Waals surface area contributed by atoms with Crippen molar-refractivity contribution in [1.29, 1.82) is 0 Å². The summed E-state index contributed by atoms with van der Waals surface area (Å²) in [5, 5.41) is 11.2. The van der Waals surface area contributed by atoms with Crippen LogP contribution >= 0.6 is 19.2 Å². The monoisotopic (exact) mass is 776 g/mol. The largest absolute Gasteiger partial charge is 0.508 e. The Labute approximate surface area is 311 Å². The molecule has 2 aromatic heterocycles. The standard InChI is InChI=1S/C36H44ClF2N6O7P/c1-3-51-53(48,52-4-2)17-28(47)45-11-10-43(18-36(45)19-49-20-36)33-26-15-40-31(25-12-24(46)13-27(37)29(25)22-6-7-22)30(39)32(26)41-34(42-33)50-21-35-8-5-9-44(35)16-23(38)14-35/h12-13,15,22-23,46H,3-11,14,16-21H2,1-2H3/t23-,35+/m1/s1. The number of amides is 1. The number of carbonyl (C=O) groups excluding carboxylic acids is 1. The molecule has 5 aliphatic rings. The van der Waals surface area contributed by atoms with E-state index in [-0.39, 0.29) is 80.9 Å². The molecule has 0 unspecified atom stereocenters. The predicted molar refractivity (Wildman–Crippen MR) is 193 cm³/mol. The van der Waals surface area contributed by atoms with Gasteiger partial charge in [-0.05, 0) is 69.7 Å². The minimum atomic E-state index is -3.66. The summed E-state index contributed by atoms with van der Waals surface area (Å²) in [7, 11) is -3.66. The van der Waals surface area contributed by atoms with Crippen molar-refractivity contribution in [2.24, 2.45) is 0 Å². The first-order valence-corrected chi connectivity index (χ1v) is 20.5. The van der Waals surface area contributed by atoms with E-state index in [1.54, 1.807) is 18.7 Å². The lowest BCUT2D eigenvalue weighted by Gasteiger charge is -2.55. The lowest BCUT2D eigenvalue weighted by Crippen LogP contribution is -2.73. The Morgan fingerprint density at radius 1 is 1.15 bits per heavy atom. The Hall–Kier alpha value is -3.20. The molecule has 6 heterocycles. The molecule has 2 atom stereocenters. The van der Waals surface area contributed by atoms with E-state index in [9.17, 15) is 18.9 Å². The maximum absolute atomic E-state index is 17.0. The SMILES string of the molecule is CCOP(=O)(CC(=O)N1CCN(c2nc(OC[C@@]34CCCN3C[C@H](F)C4)nc3c(F)c(-c4cc(O)cc(Cl)c4C4CC4)ncc23)CC12COC2)OCC. The van der Waals surface area contributed by atoms with Crippen molar-refractivity contribution in [1.82, 2.24) is 24.8 Å². The van der Waals surface area contributed by atoms with Gasteiger partial charge < -0.3 is 33.4 Å². The van der Waals surface area contributed by atoms with Crippen molar-refractivity contribution < 1.29 is 41.8 Å². The van der Waals surface area contributed by atoms with Gasteiger partial charge in [0.2, 0.25) is 5.91 Å². The number of alkyl halides is 1. The van der Waals surface area contributed by atoms with E-state index in [0.29, 0.717) is 41.3 Å². The van der Waals surface area contributed by atoms with Gasteiger partial charge in [0.05, 0.1) is 37.4 Å². The van der Waals surface area contributed by atoms with E-state index in [4.69, 9.17) is 35.1 Å². The molecule has 1 aromatic carbocycles. The van der Waals surface area contributed by atoms with Crippen LogP contribution < -0.4 is 9.64 Å². The number of carbonyl (C=O) groups is 1. The Morgan fingerprint density at radius 3 is 2.62 bits per heavy atom. The van der Waals surface area contributed by atoms with Crippen LogP contribution in [0.15, 0.2) is 18.3 Å². The average Bonchev–Trinajstić information content (AvgIpc) is 3.78. The van der Waals surface area contributed by atoms with Gasteiger partial charge in [0, 0.05) is 49.4 Å². The molecule has 8 rings (SSSR count). The molecule has 1 saturated carbocycles. The molecular weight excluding hydrogens is 733 g/mol. The summed E-state index contributed by atoms with van der Waals surface area (Å²) in [5.41, 5.74) is -0.165. The summed E-state index contributed by atoms with van der Waals surface area (Å²) < 4.78 is 67.7. The minimum absolute atomic E-state index is 0.00303. The number of nitrogens with zero attached hydrogens (tertiary/aromatic N) is 6. The van der Waals surface area contributed by atoms with E-state index < -0.39 is 36.8 Å². The zero-order chi connectivity index (χ0) is 37.1. The number of phenolic OH excluding ortho intramolecular Hbond substituents is 1. The van der Waals surface area contributed by atoms with Crippen LogP contribution in [-0.2, 0) is 23.1 Å². The fraction of sp³-hybridized carbons (Fsp3) is 0.611. The first-order valence-electron chi connectivity index (χ1n) is 18.4. The molecule has 5 fully saturated rings. The van der Waals surface area contributed by atoms with Crippen molar-refractivity contribution in [3.63, 3.8) is 0 Å². The van der Waals surface area contributed by atoms with Crippen LogP contribution in [0.5, 0.6) is 11.8 Å². The lowest BCUT2D eigenvalue weighted by atomic mass is 9.91. The molecular formula is C36H44ClF2N6O7P. The number of anilines is 1. The number of pyridine rings is 1. The van der Waals surface area contributed by atoms with Gasteiger partial charge in [-0.3, -0.25) is 19.2 Å². The molecule has 53 heavy (non-hydrogen) atoms. The number of aromatic hydroxyl groups is 1. The first kappa shape index (κ1) is 36.8. The summed E-state index contributed by atoms with van der Waals surface area (Å²) in [4.78, 5) is 33.5. The lowest BCUT2D eigenvalue weighted by molar-refractivity contribution is -0.167. The number of ether oxygens (including phenoxy) is 2. The predicted octanol–water partition coefficient (Wildman–Crippen LogP) is 5.71. The van der Waals surface area contributed by atoms with E-state index >= 15 is 4.39 Å². The second-order valence-electron chi connectivity index (χ2n) is 14.8. The molecule has 286 valence electrons. The average molecular weight is 777 g/mol. The van der Waals surface area contributed by atoms with Crippen molar-refractivity contribution in [2.45, 2.75) is 69.1 Å². The fourth-order valence-corrected chi connectivity index (χ4v) is 10.6. The van der Waals surface area contributed by atoms with Crippen molar-refractivity contribution in [3.8, 4) is 23.0 Å². The van der Waals surface area contributed by atoms with E-state index in [1.807, 2.05) is 4.90 Å². The summed E-state index contributed by atoms with van der Waals surface area (Å²) in [6.07, 6.45) is 4.00. The highest BCUT2D eigenvalue weighted by molar-refractivity contribution is 7.54. The Kier molecular flexibility index (Phi) is 9.81. The molecule has 4 saturated heterocycles. The van der Waals surface area contributed by atoms with Gasteiger partial charge in [0.15, 0.2) is 5.82 Å². The maximum Gasteiger partial charge on any atom is 0.340 e. The van der Waals surface area contributed by atoms with Crippen LogP contribution in [0.3, 0.4) is 0 Å². The number of hydrogen-bond donors (Lipinski definition) is 1. The number of fused-ring (bicyclic) bond motifs is 2. The van der Waals surface area contributed by atoms with Crippen LogP contribution in [0.2, 0.25) is 5.02 Å². The smallest absolute Gasteiger partial charge is 0.340 e. The fourth-order valence-electron chi connectivity index (χ4n) is 8.65. The maximum atomic E-state index is 17.0. The number of benzene rings is 1. The highest BCUT2D eigenvalue weighted by Crippen LogP contribution is 2.51. The zero-order valence-electron chi connectivity index (χ0n) is 29.9. The quantitative estimate of drug-likeness (QED) is 0.226. The van der Waals surface area contributed by atoms with Crippen molar-refractivity contribution >= 4 is 41.8 Å². The van der Waals surface area contributed by atoms with Crippen LogP contribution in [0.4, 0.5) is 14.6 Å². The number of aromatic nitrogens is 3. The van der Waals surface area contributed by atoms with Crippen LogP contribution in [0.1, 0.15) is 57.4 Å². The van der Waals surface area contributed by atoms with E-state index in [0.717, 1.165) is 37.8 Å². The summed E-state index contributed by atoms with van der Waals surface area (Å²) >= 11 is 6.59. The van der Waals surface area contributed by atoms with E-state index in [2.05, 4.69) is 14.9 Å². The number of phenols is 1. The van der Waals surface area contributed by atoms with Crippen molar-refractivity contribution in [2.75, 3.05) is 76.8 Å².